The van der Waals surface area contributed by atoms with Crippen molar-refractivity contribution in [2.24, 2.45) is 0 Å². The predicted molar refractivity (Wildman–Crippen MR) is 107 cm³/mol. The van der Waals surface area contributed by atoms with Crippen molar-refractivity contribution in [3.8, 4) is 5.75 Å². The van der Waals surface area contributed by atoms with Crippen LogP contribution in [0.5, 0.6) is 5.75 Å². The quantitative estimate of drug-likeness (QED) is 0.740. The normalized spacial score (nSPS) is 11.5. The van der Waals surface area contributed by atoms with Crippen LogP contribution in [0.15, 0.2) is 54.6 Å². The van der Waals surface area contributed by atoms with E-state index in [0.717, 1.165) is 11.1 Å². The van der Waals surface area contributed by atoms with Crippen molar-refractivity contribution in [2.45, 2.75) is 33.2 Å². The third-order valence-corrected chi connectivity index (χ3v) is 4.39. The molecular formula is C22H28N2O3. The fourth-order valence-electron chi connectivity index (χ4n) is 2.75. The Labute approximate surface area is 161 Å². The highest BCUT2D eigenvalue weighted by atomic mass is 16.5. The van der Waals surface area contributed by atoms with E-state index in [1.165, 1.54) is 0 Å². The lowest BCUT2D eigenvalue weighted by atomic mass is 10.1. The van der Waals surface area contributed by atoms with Crippen LogP contribution in [-0.4, -0.2) is 42.5 Å². The molecule has 1 N–H and O–H groups in total. The Hall–Kier alpha value is -2.82. The van der Waals surface area contributed by atoms with E-state index in [1.54, 1.807) is 11.8 Å². The van der Waals surface area contributed by atoms with Crippen molar-refractivity contribution < 1.29 is 14.3 Å². The topological polar surface area (TPSA) is 58.6 Å². The van der Waals surface area contributed by atoms with Crippen LogP contribution >= 0.6 is 0 Å². The third-order valence-electron chi connectivity index (χ3n) is 4.39. The van der Waals surface area contributed by atoms with Gasteiger partial charge < -0.3 is 15.0 Å². The van der Waals surface area contributed by atoms with Gasteiger partial charge in [-0.25, -0.2) is 0 Å². The Bertz CT molecular complexity index is 729. The maximum atomic E-state index is 12.8. The van der Waals surface area contributed by atoms with Crippen LogP contribution in [0.4, 0.5) is 0 Å². The number of carbonyl (C=O) groups excluding carboxylic acids is 2. The Morgan fingerprint density at radius 2 is 1.74 bits per heavy atom. The van der Waals surface area contributed by atoms with Gasteiger partial charge in [-0.3, -0.25) is 9.59 Å². The molecule has 2 amide bonds. The Morgan fingerprint density at radius 3 is 2.37 bits per heavy atom. The lowest BCUT2D eigenvalue weighted by Crippen LogP contribution is -2.50. The van der Waals surface area contributed by atoms with Crippen LogP contribution in [0, 0.1) is 6.92 Å². The molecule has 0 aliphatic carbocycles. The number of amides is 2. The first-order valence-corrected chi connectivity index (χ1v) is 9.31. The van der Waals surface area contributed by atoms with Gasteiger partial charge in [0.15, 0.2) is 6.61 Å². The summed E-state index contributed by atoms with van der Waals surface area (Å²) in [4.78, 5) is 26.6. The number of likely N-dealkylation sites (N-methyl/N-ethyl adjacent to an activating group) is 1. The van der Waals surface area contributed by atoms with Crippen LogP contribution in [0.2, 0.25) is 0 Å². The van der Waals surface area contributed by atoms with Crippen molar-refractivity contribution in [1.29, 1.82) is 0 Å². The highest BCUT2D eigenvalue weighted by molar-refractivity contribution is 5.87. The van der Waals surface area contributed by atoms with Crippen LogP contribution in [0.1, 0.15) is 25.0 Å². The monoisotopic (exact) mass is 368 g/mol. The molecule has 5 nitrogen and oxygen atoms in total. The molecule has 0 bridgehead atoms. The number of hydrogen-bond donors (Lipinski definition) is 1. The van der Waals surface area contributed by atoms with Crippen LogP contribution < -0.4 is 10.1 Å². The summed E-state index contributed by atoms with van der Waals surface area (Å²) in [6, 6.07) is 16.9. The van der Waals surface area contributed by atoms with Crippen molar-refractivity contribution in [1.82, 2.24) is 10.2 Å². The summed E-state index contributed by atoms with van der Waals surface area (Å²) in [6.07, 6.45) is 0.681. The molecule has 2 aromatic rings. The molecule has 0 spiro atoms. The number of nitrogens with one attached hydrogen (secondary N) is 1. The summed E-state index contributed by atoms with van der Waals surface area (Å²) < 4.78 is 5.62. The summed E-state index contributed by atoms with van der Waals surface area (Å²) in [5.41, 5.74) is 2.25. The van der Waals surface area contributed by atoms with Gasteiger partial charge >= 0.3 is 0 Å². The molecule has 0 aliphatic rings. The minimum atomic E-state index is -0.553. The number of carbonyl (C=O) groups is 2. The molecule has 5 heteroatoms. The van der Waals surface area contributed by atoms with E-state index in [9.17, 15) is 9.59 Å². The average Bonchev–Trinajstić information content (AvgIpc) is 2.68. The zero-order valence-corrected chi connectivity index (χ0v) is 16.3. The molecule has 144 valence electrons. The molecule has 0 aromatic heterocycles. The fraction of sp³-hybridized carbons (Fsp3) is 0.364. The van der Waals surface area contributed by atoms with E-state index in [1.807, 2.05) is 68.4 Å². The third kappa shape index (κ3) is 6.44. The van der Waals surface area contributed by atoms with Gasteiger partial charge in [-0.05, 0) is 44.9 Å². The number of ether oxygens (including phenoxy) is 1. The minimum absolute atomic E-state index is 0.0956. The van der Waals surface area contributed by atoms with Gasteiger partial charge in [-0.1, -0.05) is 48.0 Å². The van der Waals surface area contributed by atoms with Crippen LogP contribution in [0.3, 0.4) is 0 Å². The summed E-state index contributed by atoms with van der Waals surface area (Å²) in [5.74, 6) is 0.280. The molecule has 0 radical (unpaired) electrons. The number of hydrogen-bond acceptors (Lipinski definition) is 3. The summed E-state index contributed by atoms with van der Waals surface area (Å²) in [5, 5.41) is 2.79. The maximum absolute atomic E-state index is 12.8. The van der Waals surface area contributed by atoms with E-state index in [0.29, 0.717) is 25.3 Å². The minimum Gasteiger partial charge on any atom is -0.484 e. The van der Waals surface area contributed by atoms with E-state index in [-0.39, 0.29) is 18.4 Å². The van der Waals surface area contributed by atoms with Crippen molar-refractivity contribution >= 4 is 11.8 Å². The van der Waals surface area contributed by atoms with E-state index in [4.69, 9.17) is 4.74 Å². The Kier molecular flexibility index (Phi) is 7.86. The maximum Gasteiger partial charge on any atom is 0.261 e. The van der Waals surface area contributed by atoms with Gasteiger partial charge in [0.25, 0.3) is 5.91 Å². The molecular weight excluding hydrogens is 340 g/mol. The number of nitrogens with zero attached hydrogens (tertiary/aromatic N) is 1. The molecule has 1 unspecified atom stereocenters. The first kappa shape index (κ1) is 20.5. The van der Waals surface area contributed by atoms with E-state index >= 15 is 0 Å². The summed E-state index contributed by atoms with van der Waals surface area (Å²) in [7, 11) is 0. The molecule has 2 aromatic carbocycles. The molecule has 2 rings (SSSR count). The largest absolute Gasteiger partial charge is 0.484 e. The lowest BCUT2D eigenvalue weighted by molar-refractivity contribution is -0.141. The predicted octanol–water partition coefficient (Wildman–Crippen LogP) is 2.97. The highest BCUT2D eigenvalue weighted by Gasteiger charge is 2.25. The van der Waals surface area contributed by atoms with Gasteiger partial charge in [-0.2, -0.15) is 0 Å². The molecule has 0 fully saturated rings. The molecule has 0 saturated heterocycles. The SMILES string of the molecule is CCNC(=O)C(C)N(CCc1ccccc1)C(=O)COc1ccc(C)cc1. The van der Waals surface area contributed by atoms with Crippen LogP contribution in [0.25, 0.3) is 0 Å². The number of rotatable bonds is 9. The average molecular weight is 368 g/mol. The van der Waals surface area contributed by atoms with Crippen molar-refractivity contribution in [2.75, 3.05) is 19.7 Å². The lowest BCUT2D eigenvalue weighted by Gasteiger charge is -2.28. The second-order valence-electron chi connectivity index (χ2n) is 6.50. The highest BCUT2D eigenvalue weighted by Crippen LogP contribution is 2.12. The molecule has 0 heterocycles. The van der Waals surface area contributed by atoms with Gasteiger partial charge in [0, 0.05) is 13.1 Å². The first-order chi connectivity index (χ1) is 13.0. The number of aryl methyl sites for hydroxylation is 1. The second kappa shape index (κ2) is 10.4. The standard InChI is InChI=1S/C22H28N2O3/c1-4-23-22(26)18(3)24(15-14-19-8-6-5-7-9-19)21(25)16-27-20-12-10-17(2)11-13-20/h5-13,18H,4,14-16H2,1-3H3,(H,23,26). The number of benzene rings is 2. The second-order valence-corrected chi connectivity index (χ2v) is 6.50. The molecule has 27 heavy (non-hydrogen) atoms. The molecule has 1 atom stereocenters. The van der Waals surface area contributed by atoms with Crippen molar-refractivity contribution in [3.63, 3.8) is 0 Å². The van der Waals surface area contributed by atoms with Gasteiger partial charge in [0.1, 0.15) is 11.8 Å². The van der Waals surface area contributed by atoms with Gasteiger partial charge in [0.2, 0.25) is 5.91 Å². The molecule has 0 aliphatic heterocycles. The van der Waals surface area contributed by atoms with Gasteiger partial charge in [-0.15, -0.1) is 0 Å². The summed E-state index contributed by atoms with van der Waals surface area (Å²) in [6.45, 7) is 6.50. The Morgan fingerprint density at radius 1 is 1.07 bits per heavy atom. The van der Waals surface area contributed by atoms with Gasteiger partial charge in [0.05, 0.1) is 0 Å². The molecule has 0 saturated carbocycles. The smallest absolute Gasteiger partial charge is 0.261 e. The van der Waals surface area contributed by atoms with E-state index in [2.05, 4.69) is 5.32 Å². The van der Waals surface area contributed by atoms with E-state index < -0.39 is 6.04 Å². The summed E-state index contributed by atoms with van der Waals surface area (Å²) >= 11 is 0. The zero-order chi connectivity index (χ0) is 19.6. The van der Waals surface area contributed by atoms with Crippen LogP contribution in [-0.2, 0) is 16.0 Å². The first-order valence-electron chi connectivity index (χ1n) is 9.31. The fourth-order valence-corrected chi connectivity index (χ4v) is 2.75. The zero-order valence-electron chi connectivity index (χ0n) is 16.3. The Balaban J connectivity index is 2.03. The van der Waals surface area contributed by atoms with Crippen molar-refractivity contribution in [3.05, 3.63) is 65.7 Å².